The molecule has 0 aliphatic heterocycles. The third-order valence-electron chi connectivity index (χ3n) is 2.09. The SMILES string of the molecule is Cc1[nH]nc(NC(=O)c2ccoc2Br)c1N. The zero-order chi connectivity index (χ0) is 11.7. The molecule has 84 valence electrons. The van der Waals surface area contributed by atoms with Crippen molar-refractivity contribution in [3.8, 4) is 0 Å². The van der Waals surface area contributed by atoms with E-state index in [4.69, 9.17) is 10.2 Å². The quantitative estimate of drug-likeness (QED) is 0.785. The highest BCUT2D eigenvalue weighted by molar-refractivity contribution is 9.10. The van der Waals surface area contributed by atoms with Crippen molar-refractivity contribution in [2.75, 3.05) is 11.1 Å². The summed E-state index contributed by atoms with van der Waals surface area (Å²) in [6.07, 6.45) is 1.41. The molecule has 0 saturated heterocycles. The first kappa shape index (κ1) is 10.7. The minimum Gasteiger partial charge on any atom is -0.457 e. The number of amides is 1. The molecule has 2 rings (SSSR count). The predicted octanol–water partition coefficient (Wildman–Crippen LogP) is 1.91. The summed E-state index contributed by atoms with van der Waals surface area (Å²) in [4.78, 5) is 11.7. The predicted molar refractivity (Wildman–Crippen MR) is 62.1 cm³/mol. The highest BCUT2D eigenvalue weighted by atomic mass is 79.9. The fourth-order valence-corrected chi connectivity index (χ4v) is 1.58. The van der Waals surface area contributed by atoms with Crippen LogP contribution < -0.4 is 11.1 Å². The molecule has 0 radical (unpaired) electrons. The smallest absolute Gasteiger partial charge is 0.261 e. The number of furan rings is 1. The number of rotatable bonds is 2. The molecule has 6 nitrogen and oxygen atoms in total. The lowest BCUT2D eigenvalue weighted by Crippen LogP contribution is -2.13. The van der Waals surface area contributed by atoms with Crippen LogP contribution in [-0.2, 0) is 0 Å². The van der Waals surface area contributed by atoms with E-state index >= 15 is 0 Å². The monoisotopic (exact) mass is 284 g/mol. The Labute approximate surface area is 99.3 Å². The van der Waals surface area contributed by atoms with Crippen LogP contribution in [0.1, 0.15) is 16.1 Å². The van der Waals surface area contributed by atoms with Crippen LogP contribution in [0.5, 0.6) is 0 Å². The van der Waals surface area contributed by atoms with E-state index in [0.29, 0.717) is 27.4 Å². The van der Waals surface area contributed by atoms with Crippen LogP contribution in [0.2, 0.25) is 0 Å². The molecule has 0 bridgehead atoms. The van der Waals surface area contributed by atoms with E-state index in [-0.39, 0.29) is 5.91 Å². The maximum Gasteiger partial charge on any atom is 0.261 e. The maximum atomic E-state index is 11.7. The van der Waals surface area contributed by atoms with Crippen molar-refractivity contribution >= 4 is 33.3 Å². The fourth-order valence-electron chi connectivity index (χ4n) is 1.16. The van der Waals surface area contributed by atoms with Crippen molar-refractivity contribution in [2.24, 2.45) is 0 Å². The number of hydrogen-bond donors (Lipinski definition) is 3. The topological polar surface area (TPSA) is 96.9 Å². The van der Waals surface area contributed by atoms with Gasteiger partial charge >= 0.3 is 0 Å². The van der Waals surface area contributed by atoms with Crippen molar-refractivity contribution < 1.29 is 9.21 Å². The second-order valence-electron chi connectivity index (χ2n) is 3.17. The molecule has 0 aliphatic carbocycles. The maximum absolute atomic E-state index is 11.7. The Morgan fingerprint density at radius 2 is 2.44 bits per heavy atom. The van der Waals surface area contributed by atoms with Crippen LogP contribution in [0.4, 0.5) is 11.5 Å². The van der Waals surface area contributed by atoms with E-state index in [1.165, 1.54) is 6.26 Å². The average Bonchev–Trinajstić information content (AvgIpc) is 2.79. The number of nitrogen functional groups attached to an aromatic ring is 1. The second-order valence-corrected chi connectivity index (χ2v) is 3.89. The zero-order valence-corrected chi connectivity index (χ0v) is 9.96. The molecule has 0 aromatic carbocycles. The minimum absolute atomic E-state index is 0.315. The molecule has 4 N–H and O–H groups in total. The van der Waals surface area contributed by atoms with Crippen molar-refractivity contribution in [1.82, 2.24) is 10.2 Å². The van der Waals surface area contributed by atoms with Crippen molar-refractivity contribution in [3.63, 3.8) is 0 Å². The summed E-state index contributed by atoms with van der Waals surface area (Å²) in [5, 5.41) is 9.12. The molecule has 2 heterocycles. The van der Waals surface area contributed by atoms with E-state index < -0.39 is 0 Å². The lowest BCUT2D eigenvalue weighted by Gasteiger charge is -2.00. The third-order valence-corrected chi connectivity index (χ3v) is 2.70. The second kappa shape index (κ2) is 4.01. The van der Waals surface area contributed by atoms with Crippen LogP contribution in [0.25, 0.3) is 0 Å². The molecule has 0 fully saturated rings. The van der Waals surface area contributed by atoms with Gasteiger partial charge in [-0.1, -0.05) is 0 Å². The van der Waals surface area contributed by atoms with Crippen molar-refractivity contribution in [3.05, 3.63) is 28.3 Å². The molecule has 7 heteroatoms. The first-order chi connectivity index (χ1) is 7.59. The summed E-state index contributed by atoms with van der Waals surface area (Å²) in [6, 6.07) is 1.55. The van der Waals surface area contributed by atoms with Gasteiger partial charge in [-0.3, -0.25) is 9.89 Å². The molecular formula is C9H9BrN4O2. The number of nitrogens with two attached hydrogens (primary N) is 1. The van der Waals surface area contributed by atoms with Crippen molar-refractivity contribution in [1.29, 1.82) is 0 Å². The highest BCUT2D eigenvalue weighted by Gasteiger charge is 2.15. The van der Waals surface area contributed by atoms with E-state index in [2.05, 4.69) is 31.4 Å². The van der Waals surface area contributed by atoms with Gasteiger partial charge in [0.05, 0.1) is 23.2 Å². The summed E-state index contributed by atoms with van der Waals surface area (Å²) >= 11 is 3.12. The van der Waals surface area contributed by atoms with Gasteiger partial charge in [0.2, 0.25) is 0 Å². The van der Waals surface area contributed by atoms with Gasteiger partial charge in [-0.25, -0.2) is 0 Å². The Hall–Kier alpha value is -1.76. The van der Waals surface area contributed by atoms with Crippen LogP contribution in [0, 0.1) is 6.92 Å². The Kier molecular flexibility index (Phi) is 2.69. The molecule has 0 spiro atoms. The lowest BCUT2D eigenvalue weighted by atomic mass is 10.3. The van der Waals surface area contributed by atoms with Gasteiger partial charge in [0.15, 0.2) is 10.5 Å². The molecule has 2 aromatic rings. The lowest BCUT2D eigenvalue weighted by molar-refractivity contribution is 0.102. The first-order valence-electron chi connectivity index (χ1n) is 4.44. The summed E-state index contributed by atoms with van der Waals surface area (Å²) in [7, 11) is 0. The summed E-state index contributed by atoms with van der Waals surface area (Å²) in [5.74, 6) is -0.0191. The minimum atomic E-state index is -0.334. The zero-order valence-electron chi connectivity index (χ0n) is 8.37. The number of H-pyrrole nitrogens is 1. The molecule has 2 aromatic heterocycles. The number of aromatic nitrogens is 2. The van der Waals surface area contributed by atoms with Crippen LogP contribution in [0.3, 0.4) is 0 Å². The average molecular weight is 285 g/mol. The Morgan fingerprint density at radius 1 is 1.69 bits per heavy atom. The van der Waals surface area contributed by atoms with E-state index in [0.717, 1.165) is 0 Å². The van der Waals surface area contributed by atoms with Gasteiger partial charge in [0, 0.05) is 0 Å². The van der Waals surface area contributed by atoms with Gasteiger partial charge < -0.3 is 15.5 Å². The normalized spacial score (nSPS) is 10.4. The largest absolute Gasteiger partial charge is 0.457 e. The highest BCUT2D eigenvalue weighted by Crippen LogP contribution is 2.22. The van der Waals surface area contributed by atoms with E-state index in [9.17, 15) is 4.79 Å². The summed E-state index contributed by atoms with van der Waals surface area (Å²) in [5.41, 5.74) is 7.22. The number of nitrogens with one attached hydrogen (secondary N) is 2. The Morgan fingerprint density at radius 3 is 2.94 bits per heavy atom. The Bertz CT molecular complexity index is 531. The number of aryl methyl sites for hydroxylation is 1. The molecule has 0 atom stereocenters. The van der Waals surface area contributed by atoms with Gasteiger partial charge in [-0.15, -0.1) is 0 Å². The van der Waals surface area contributed by atoms with Crippen LogP contribution in [0.15, 0.2) is 21.4 Å². The molecule has 0 unspecified atom stereocenters. The number of hydrogen-bond acceptors (Lipinski definition) is 4. The molecule has 16 heavy (non-hydrogen) atoms. The van der Waals surface area contributed by atoms with E-state index in [1.54, 1.807) is 13.0 Å². The van der Waals surface area contributed by atoms with Gasteiger partial charge in [0.1, 0.15) is 0 Å². The number of carbonyl (C=O) groups is 1. The van der Waals surface area contributed by atoms with E-state index in [1.807, 2.05) is 0 Å². The fraction of sp³-hybridized carbons (Fsp3) is 0.111. The number of carbonyl (C=O) groups excluding carboxylic acids is 1. The number of anilines is 2. The number of halogens is 1. The van der Waals surface area contributed by atoms with Crippen molar-refractivity contribution in [2.45, 2.75) is 6.92 Å². The first-order valence-corrected chi connectivity index (χ1v) is 5.23. The van der Waals surface area contributed by atoms with Gasteiger partial charge in [-0.2, -0.15) is 5.10 Å². The molecule has 0 aliphatic rings. The third kappa shape index (κ3) is 1.81. The van der Waals surface area contributed by atoms with Gasteiger partial charge in [-0.05, 0) is 28.9 Å². The molecular weight excluding hydrogens is 276 g/mol. The summed E-state index contributed by atoms with van der Waals surface area (Å²) in [6.45, 7) is 1.77. The molecule has 0 saturated carbocycles. The van der Waals surface area contributed by atoms with Gasteiger partial charge in [0.25, 0.3) is 5.91 Å². The van der Waals surface area contributed by atoms with Crippen LogP contribution >= 0.6 is 15.9 Å². The summed E-state index contributed by atoms with van der Waals surface area (Å²) < 4.78 is 5.33. The number of aromatic amines is 1. The van der Waals surface area contributed by atoms with Crippen LogP contribution in [-0.4, -0.2) is 16.1 Å². The standard InChI is InChI=1S/C9H9BrN4O2/c1-4-6(11)8(14-13-4)12-9(15)5-2-3-16-7(5)10/h2-3H,11H2,1H3,(H2,12,13,14,15). The Balaban J connectivity index is 2.20. The molecule has 1 amide bonds. The number of nitrogens with zero attached hydrogens (tertiary/aromatic N) is 1.